The van der Waals surface area contributed by atoms with E-state index in [0.717, 1.165) is 28.7 Å². The van der Waals surface area contributed by atoms with Crippen molar-refractivity contribution >= 4 is 27.8 Å². The molecule has 0 radical (unpaired) electrons. The molecule has 1 amide bonds. The number of aromatic nitrogens is 3. The summed E-state index contributed by atoms with van der Waals surface area (Å²) in [5.74, 6) is -1.37. The van der Waals surface area contributed by atoms with E-state index in [0.29, 0.717) is 0 Å². The highest BCUT2D eigenvalue weighted by molar-refractivity contribution is 9.10. The van der Waals surface area contributed by atoms with Gasteiger partial charge in [0.2, 0.25) is 0 Å². The zero-order valence-corrected chi connectivity index (χ0v) is 13.9. The van der Waals surface area contributed by atoms with Crippen LogP contribution in [0.25, 0.3) is 5.69 Å². The van der Waals surface area contributed by atoms with Crippen molar-refractivity contribution in [1.82, 2.24) is 20.3 Å². The minimum atomic E-state index is -1.09. The molecule has 0 unspecified atom stereocenters. The summed E-state index contributed by atoms with van der Waals surface area (Å²) >= 11 is 3.38. The molecule has 23 heavy (non-hydrogen) atoms. The number of hydrogen-bond donors (Lipinski definition) is 2. The van der Waals surface area contributed by atoms with E-state index in [1.165, 1.54) is 6.92 Å². The van der Waals surface area contributed by atoms with Gasteiger partial charge < -0.3 is 10.4 Å². The van der Waals surface area contributed by atoms with Gasteiger partial charge in [-0.3, -0.25) is 9.59 Å². The van der Waals surface area contributed by atoms with E-state index in [9.17, 15) is 9.59 Å². The number of benzene rings is 1. The summed E-state index contributed by atoms with van der Waals surface area (Å²) < 4.78 is 2.60. The maximum absolute atomic E-state index is 12.3. The van der Waals surface area contributed by atoms with Gasteiger partial charge in [0.25, 0.3) is 5.91 Å². The minimum Gasteiger partial charge on any atom is -0.480 e. The smallest absolute Gasteiger partial charge is 0.325 e. The molecule has 2 N–H and O–H groups in total. The number of carbonyl (C=O) groups excluding carboxylic acids is 1. The fourth-order valence-corrected chi connectivity index (χ4v) is 2.54. The quantitative estimate of drug-likeness (QED) is 0.830. The predicted molar refractivity (Wildman–Crippen MR) is 85.6 cm³/mol. The number of aliphatic carboxylic acids is 1. The largest absolute Gasteiger partial charge is 0.480 e. The second-order valence-electron chi connectivity index (χ2n) is 5.52. The second-order valence-corrected chi connectivity index (χ2v) is 6.43. The number of rotatable bonds is 5. The number of carbonyl (C=O) groups is 2. The van der Waals surface area contributed by atoms with E-state index in [1.54, 1.807) is 4.68 Å². The molecule has 1 heterocycles. The van der Waals surface area contributed by atoms with Gasteiger partial charge in [0, 0.05) is 10.4 Å². The number of carboxylic acid groups (broad SMARTS) is 1. The van der Waals surface area contributed by atoms with E-state index in [1.807, 2.05) is 24.3 Å². The molecule has 3 rings (SSSR count). The van der Waals surface area contributed by atoms with Crippen LogP contribution in [-0.2, 0) is 4.79 Å². The van der Waals surface area contributed by atoms with E-state index < -0.39 is 17.9 Å². The Kier molecular flexibility index (Phi) is 4.16. The van der Waals surface area contributed by atoms with Crippen LogP contribution in [0.2, 0.25) is 0 Å². The average Bonchev–Trinajstić information content (AvgIpc) is 3.26. The van der Waals surface area contributed by atoms with Crippen molar-refractivity contribution in [3.63, 3.8) is 0 Å². The van der Waals surface area contributed by atoms with Crippen molar-refractivity contribution in [3.8, 4) is 5.69 Å². The van der Waals surface area contributed by atoms with E-state index >= 15 is 0 Å². The number of hydrogen-bond acceptors (Lipinski definition) is 4. The lowest BCUT2D eigenvalue weighted by Crippen LogP contribution is -2.38. The van der Waals surface area contributed by atoms with Crippen LogP contribution < -0.4 is 5.32 Å². The molecule has 8 heteroatoms. The van der Waals surface area contributed by atoms with Crippen LogP contribution in [-0.4, -0.2) is 38.0 Å². The average molecular weight is 379 g/mol. The summed E-state index contributed by atoms with van der Waals surface area (Å²) in [5, 5.41) is 19.4. The van der Waals surface area contributed by atoms with Gasteiger partial charge in [-0.15, -0.1) is 5.10 Å². The molecule has 2 aromatic rings. The van der Waals surface area contributed by atoms with Gasteiger partial charge >= 0.3 is 5.97 Å². The lowest BCUT2D eigenvalue weighted by molar-refractivity contribution is -0.138. The number of carboxylic acids is 1. The Balaban J connectivity index is 1.94. The molecule has 0 spiro atoms. The lowest BCUT2D eigenvalue weighted by atomic mass is 10.2. The zero-order chi connectivity index (χ0) is 16.6. The molecule has 120 valence electrons. The van der Waals surface area contributed by atoms with Crippen molar-refractivity contribution in [2.24, 2.45) is 0 Å². The first-order chi connectivity index (χ1) is 11.0. The highest BCUT2D eigenvalue weighted by atomic mass is 79.9. The van der Waals surface area contributed by atoms with Gasteiger partial charge in [0.1, 0.15) is 6.04 Å². The molecule has 1 aromatic heterocycles. The van der Waals surface area contributed by atoms with Crippen LogP contribution in [0, 0.1) is 0 Å². The van der Waals surface area contributed by atoms with Crippen LogP contribution in [0.3, 0.4) is 0 Å². The molecule has 1 aliphatic carbocycles. The Hall–Kier alpha value is -2.22. The van der Waals surface area contributed by atoms with Crippen LogP contribution >= 0.6 is 15.9 Å². The summed E-state index contributed by atoms with van der Waals surface area (Å²) in [6.45, 7) is 1.41. The highest BCUT2D eigenvalue weighted by Crippen LogP contribution is 2.42. The molecule has 7 nitrogen and oxygen atoms in total. The monoisotopic (exact) mass is 378 g/mol. The van der Waals surface area contributed by atoms with Gasteiger partial charge in [0.15, 0.2) is 5.69 Å². The molecule has 1 aliphatic rings. The third-order valence-electron chi connectivity index (χ3n) is 3.67. The maximum atomic E-state index is 12.3. The number of nitrogens with zero attached hydrogens (tertiary/aromatic N) is 3. The van der Waals surface area contributed by atoms with Gasteiger partial charge in [-0.05, 0) is 44.0 Å². The Morgan fingerprint density at radius 2 is 2.00 bits per heavy atom. The predicted octanol–water partition coefficient (Wildman–Crippen LogP) is 2.11. The van der Waals surface area contributed by atoms with Gasteiger partial charge in [-0.1, -0.05) is 21.1 Å². The maximum Gasteiger partial charge on any atom is 0.325 e. The van der Waals surface area contributed by atoms with Crippen LogP contribution in [0.15, 0.2) is 28.7 Å². The number of halogens is 1. The Labute approximate surface area is 140 Å². The summed E-state index contributed by atoms with van der Waals surface area (Å²) in [7, 11) is 0. The highest BCUT2D eigenvalue weighted by Gasteiger charge is 2.34. The first kappa shape index (κ1) is 15.7. The topological polar surface area (TPSA) is 97.1 Å². The summed E-state index contributed by atoms with van der Waals surface area (Å²) in [6, 6.07) is 6.56. The molecule has 0 saturated heterocycles. The Bertz CT molecular complexity index is 753. The summed E-state index contributed by atoms with van der Waals surface area (Å²) in [6.07, 6.45) is 1.94. The molecule has 0 aliphatic heterocycles. The van der Waals surface area contributed by atoms with Crippen molar-refractivity contribution < 1.29 is 14.7 Å². The fraction of sp³-hybridized carbons (Fsp3) is 0.333. The van der Waals surface area contributed by atoms with Crippen molar-refractivity contribution in [3.05, 3.63) is 40.1 Å². The van der Waals surface area contributed by atoms with Gasteiger partial charge in [-0.2, -0.15) is 0 Å². The lowest BCUT2D eigenvalue weighted by Gasteiger charge is -2.10. The normalized spacial score (nSPS) is 15.2. The molecular weight excluding hydrogens is 364 g/mol. The molecule has 1 fully saturated rings. The SMILES string of the molecule is C[C@H](NC(=O)c1nnn(-c2ccc(Br)cc2)c1C1CC1)C(=O)O. The fourth-order valence-electron chi connectivity index (χ4n) is 2.27. The van der Waals surface area contributed by atoms with E-state index in [2.05, 4.69) is 31.6 Å². The van der Waals surface area contributed by atoms with E-state index in [4.69, 9.17) is 5.11 Å². The van der Waals surface area contributed by atoms with Crippen molar-refractivity contribution in [2.75, 3.05) is 0 Å². The summed E-state index contributed by atoms with van der Waals surface area (Å²) in [4.78, 5) is 23.2. The van der Waals surface area contributed by atoms with Crippen molar-refractivity contribution in [1.29, 1.82) is 0 Å². The van der Waals surface area contributed by atoms with Crippen LogP contribution in [0.4, 0.5) is 0 Å². The van der Waals surface area contributed by atoms with Gasteiger partial charge in [-0.25, -0.2) is 4.68 Å². The zero-order valence-electron chi connectivity index (χ0n) is 12.4. The third-order valence-corrected chi connectivity index (χ3v) is 4.20. The van der Waals surface area contributed by atoms with Crippen LogP contribution in [0.5, 0.6) is 0 Å². The van der Waals surface area contributed by atoms with Gasteiger partial charge in [0.05, 0.1) is 11.4 Å². The van der Waals surface area contributed by atoms with Crippen molar-refractivity contribution in [2.45, 2.75) is 31.7 Å². The molecular formula is C15H15BrN4O3. The molecule has 1 aromatic carbocycles. The van der Waals surface area contributed by atoms with Crippen LogP contribution in [0.1, 0.15) is 41.9 Å². The molecule has 0 bridgehead atoms. The van der Waals surface area contributed by atoms with E-state index in [-0.39, 0.29) is 11.6 Å². The first-order valence-corrected chi connectivity index (χ1v) is 8.02. The molecule has 1 atom stereocenters. The standard InChI is InChI=1S/C15H15BrN4O3/c1-8(15(22)23)17-14(21)12-13(9-2-3-9)20(19-18-12)11-6-4-10(16)5-7-11/h4-9H,2-3H2,1H3,(H,17,21)(H,22,23)/t8-/m0/s1. The number of amides is 1. The Morgan fingerprint density at radius 3 is 2.57 bits per heavy atom. The first-order valence-electron chi connectivity index (χ1n) is 7.22. The minimum absolute atomic E-state index is 0.198. The number of nitrogens with one attached hydrogen (secondary N) is 1. The second kappa shape index (κ2) is 6.11. The summed E-state index contributed by atoms with van der Waals surface area (Å²) in [5.41, 5.74) is 1.75. The Morgan fingerprint density at radius 1 is 1.35 bits per heavy atom. The molecule has 1 saturated carbocycles. The third kappa shape index (κ3) is 3.26.